The van der Waals surface area contributed by atoms with Crippen LogP contribution in [0.25, 0.3) is 17.4 Å². The zero-order valence-electron chi connectivity index (χ0n) is 13.7. The molecule has 1 aromatic carbocycles. The Labute approximate surface area is 149 Å². The van der Waals surface area contributed by atoms with E-state index in [1.165, 1.54) is 13.2 Å². The van der Waals surface area contributed by atoms with Crippen LogP contribution in [0.2, 0.25) is 0 Å². The summed E-state index contributed by atoms with van der Waals surface area (Å²) < 4.78 is 10.3. The second-order valence-corrected chi connectivity index (χ2v) is 4.96. The van der Waals surface area contributed by atoms with E-state index < -0.39 is 5.97 Å². The second kappa shape index (κ2) is 8.01. The molecule has 0 amide bonds. The molecule has 0 spiro atoms. The number of rotatable bonds is 4. The number of allylic oxidation sites excluding steroid dienone is 2. The minimum Gasteiger partial charge on any atom is -0.465 e. The molecule has 2 N–H and O–H groups in total. The van der Waals surface area contributed by atoms with Crippen LogP contribution in [0.15, 0.2) is 57.7 Å². The average molecular weight is 344 g/mol. The predicted octanol–water partition coefficient (Wildman–Crippen LogP) is 2.90. The number of nitriles is 3. The van der Waals surface area contributed by atoms with Gasteiger partial charge >= 0.3 is 5.97 Å². The van der Waals surface area contributed by atoms with Gasteiger partial charge < -0.3 is 14.9 Å². The van der Waals surface area contributed by atoms with Crippen molar-refractivity contribution in [1.82, 2.24) is 0 Å². The van der Waals surface area contributed by atoms with Crippen molar-refractivity contribution in [3.05, 3.63) is 64.6 Å². The Morgan fingerprint density at radius 1 is 1.15 bits per heavy atom. The van der Waals surface area contributed by atoms with Crippen molar-refractivity contribution in [2.24, 2.45) is 5.73 Å². The number of carbonyl (C=O) groups is 1. The number of esters is 1. The highest BCUT2D eigenvalue weighted by molar-refractivity contribution is 5.90. The highest BCUT2D eigenvalue weighted by Gasteiger charge is 2.11. The van der Waals surface area contributed by atoms with Crippen molar-refractivity contribution in [3.8, 4) is 29.5 Å². The number of benzene rings is 1. The fourth-order valence-corrected chi connectivity index (χ4v) is 2.10. The normalized spacial score (nSPS) is 10.2. The van der Waals surface area contributed by atoms with Crippen LogP contribution in [0.5, 0.6) is 0 Å². The number of methoxy groups -OCH3 is 1. The maximum atomic E-state index is 11.6. The van der Waals surface area contributed by atoms with Crippen LogP contribution >= 0.6 is 0 Å². The Morgan fingerprint density at radius 2 is 1.88 bits per heavy atom. The number of carbonyl (C=O) groups excluding carboxylic acids is 1. The summed E-state index contributed by atoms with van der Waals surface area (Å²) in [7, 11) is 1.29. The molecule has 2 rings (SSSR count). The number of hydrogen-bond acceptors (Lipinski definition) is 7. The third-order valence-corrected chi connectivity index (χ3v) is 3.39. The Morgan fingerprint density at radius 3 is 2.50 bits per heavy atom. The van der Waals surface area contributed by atoms with E-state index in [4.69, 9.17) is 20.7 Å². The van der Waals surface area contributed by atoms with E-state index >= 15 is 0 Å². The molecule has 0 bridgehead atoms. The van der Waals surface area contributed by atoms with Crippen LogP contribution in [0.1, 0.15) is 16.1 Å². The van der Waals surface area contributed by atoms with Crippen molar-refractivity contribution < 1.29 is 13.9 Å². The lowest BCUT2D eigenvalue weighted by Gasteiger charge is -2.01. The molecule has 0 aliphatic heterocycles. The fraction of sp³-hybridized carbons (Fsp3) is 0.0526. The maximum Gasteiger partial charge on any atom is 0.337 e. The molecule has 0 radical (unpaired) electrons. The SMILES string of the molecule is COC(=O)c1cccc(-c2ccc(/C=C(\C#N)C(N)=C(C#N)C#N)o2)c1. The van der Waals surface area contributed by atoms with Gasteiger partial charge in [0.05, 0.1) is 23.9 Å². The van der Waals surface area contributed by atoms with Gasteiger partial charge in [0.1, 0.15) is 29.7 Å². The Kier molecular flexibility index (Phi) is 5.56. The number of hydrogen-bond donors (Lipinski definition) is 1. The Balaban J connectivity index is 2.41. The van der Waals surface area contributed by atoms with Crippen molar-refractivity contribution in [3.63, 3.8) is 0 Å². The van der Waals surface area contributed by atoms with Crippen LogP contribution in [-0.2, 0) is 4.74 Å². The van der Waals surface area contributed by atoms with Gasteiger partial charge in [-0.3, -0.25) is 0 Å². The number of nitrogens with two attached hydrogens (primary N) is 1. The first-order chi connectivity index (χ1) is 12.5. The molecular weight excluding hydrogens is 332 g/mol. The van der Waals surface area contributed by atoms with E-state index in [-0.39, 0.29) is 16.8 Å². The Bertz CT molecular complexity index is 1020. The van der Waals surface area contributed by atoms with Crippen LogP contribution < -0.4 is 5.73 Å². The molecule has 1 heterocycles. The van der Waals surface area contributed by atoms with Gasteiger partial charge in [0, 0.05) is 11.6 Å². The summed E-state index contributed by atoms with van der Waals surface area (Å²) in [5.74, 6) is 0.296. The van der Waals surface area contributed by atoms with E-state index in [0.717, 1.165) is 0 Å². The van der Waals surface area contributed by atoms with E-state index in [2.05, 4.69) is 4.74 Å². The third kappa shape index (κ3) is 3.79. The van der Waals surface area contributed by atoms with Crippen LogP contribution in [0.4, 0.5) is 0 Å². The summed E-state index contributed by atoms with van der Waals surface area (Å²) in [5, 5.41) is 26.9. The minimum absolute atomic E-state index is 0.0627. The van der Waals surface area contributed by atoms with Crippen molar-refractivity contribution in [1.29, 1.82) is 15.8 Å². The fourth-order valence-electron chi connectivity index (χ4n) is 2.10. The molecule has 0 fully saturated rings. The molecule has 26 heavy (non-hydrogen) atoms. The zero-order valence-corrected chi connectivity index (χ0v) is 13.7. The molecule has 7 nitrogen and oxygen atoms in total. The van der Waals surface area contributed by atoms with Gasteiger partial charge in [-0.15, -0.1) is 0 Å². The standard InChI is InChI=1S/C19H12N4O3/c1-25-19(24)13-4-2-3-12(7-13)17-6-5-16(26-17)8-14(9-20)18(23)15(10-21)11-22/h2-8H,23H2,1H3/b14-8+. The lowest BCUT2D eigenvalue weighted by molar-refractivity contribution is 0.0601. The van der Waals surface area contributed by atoms with Crippen LogP contribution in [-0.4, -0.2) is 13.1 Å². The highest BCUT2D eigenvalue weighted by atomic mass is 16.5. The molecule has 0 aliphatic carbocycles. The molecule has 0 atom stereocenters. The van der Waals surface area contributed by atoms with Gasteiger partial charge in [-0.05, 0) is 24.3 Å². The smallest absolute Gasteiger partial charge is 0.337 e. The lowest BCUT2D eigenvalue weighted by atomic mass is 10.1. The monoisotopic (exact) mass is 344 g/mol. The lowest BCUT2D eigenvalue weighted by Crippen LogP contribution is -2.03. The van der Waals surface area contributed by atoms with Crippen LogP contribution in [0.3, 0.4) is 0 Å². The summed E-state index contributed by atoms with van der Waals surface area (Å²) >= 11 is 0. The summed E-state index contributed by atoms with van der Waals surface area (Å²) in [4.78, 5) is 11.6. The topological polar surface area (TPSA) is 137 Å². The largest absolute Gasteiger partial charge is 0.465 e. The van der Waals surface area contributed by atoms with E-state index in [0.29, 0.717) is 22.6 Å². The molecule has 7 heteroatoms. The van der Waals surface area contributed by atoms with Crippen molar-refractivity contribution >= 4 is 12.0 Å². The zero-order chi connectivity index (χ0) is 19.1. The first kappa shape index (κ1) is 18.1. The summed E-state index contributed by atoms with van der Waals surface area (Å²) in [6.07, 6.45) is 1.33. The summed E-state index contributed by atoms with van der Waals surface area (Å²) in [5.41, 5.74) is 6.06. The molecule has 2 aromatic rings. The average Bonchev–Trinajstić information content (AvgIpc) is 3.15. The molecule has 0 aliphatic rings. The highest BCUT2D eigenvalue weighted by Crippen LogP contribution is 2.25. The summed E-state index contributed by atoms with van der Waals surface area (Å²) in [6.45, 7) is 0. The minimum atomic E-state index is -0.469. The van der Waals surface area contributed by atoms with E-state index in [9.17, 15) is 10.1 Å². The molecule has 1 aromatic heterocycles. The number of nitrogens with zero attached hydrogens (tertiary/aromatic N) is 3. The van der Waals surface area contributed by atoms with Crippen LogP contribution in [0, 0.1) is 34.0 Å². The first-order valence-electron chi connectivity index (χ1n) is 7.24. The number of furan rings is 1. The molecule has 0 saturated heterocycles. The molecule has 126 valence electrons. The summed E-state index contributed by atoms with van der Waals surface area (Å²) in [6, 6.07) is 15.0. The van der Waals surface area contributed by atoms with Crippen molar-refractivity contribution in [2.75, 3.05) is 7.11 Å². The van der Waals surface area contributed by atoms with Gasteiger partial charge in [-0.2, -0.15) is 15.8 Å². The van der Waals surface area contributed by atoms with Gasteiger partial charge in [0.2, 0.25) is 0 Å². The first-order valence-corrected chi connectivity index (χ1v) is 7.24. The second-order valence-electron chi connectivity index (χ2n) is 4.96. The maximum absolute atomic E-state index is 11.6. The van der Waals surface area contributed by atoms with E-state index in [1.54, 1.807) is 48.5 Å². The molecular formula is C19H12N4O3. The van der Waals surface area contributed by atoms with Crippen molar-refractivity contribution in [2.45, 2.75) is 0 Å². The van der Waals surface area contributed by atoms with Gasteiger partial charge in [0.25, 0.3) is 0 Å². The number of ether oxygens (including phenoxy) is 1. The van der Waals surface area contributed by atoms with Gasteiger partial charge in [0.15, 0.2) is 5.57 Å². The van der Waals surface area contributed by atoms with E-state index in [1.807, 2.05) is 6.07 Å². The predicted molar refractivity (Wildman–Crippen MR) is 91.5 cm³/mol. The molecule has 0 unspecified atom stereocenters. The quantitative estimate of drug-likeness (QED) is 0.511. The Hall–Kier alpha value is -4.28. The molecule has 0 saturated carbocycles. The van der Waals surface area contributed by atoms with Gasteiger partial charge in [-0.25, -0.2) is 4.79 Å². The van der Waals surface area contributed by atoms with Gasteiger partial charge in [-0.1, -0.05) is 12.1 Å². The third-order valence-electron chi connectivity index (χ3n) is 3.39.